The number of hydrogen-bond donors (Lipinski definition) is 2. The van der Waals surface area contributed by atoms with Crippen LogP contribution in [0, 0.1) is 5.92 Å². The fourth-order valence-electron chi connectivity index (χ4n) is 4.09. The Bertz CT molecular complexity index is 1040. The monoisotopic (exact) mass is 421 g/mol. The molecule has 2 N–H and O–H groups in total. The van der Waals surface area contributed by atoms with Crippen molar-refractivity contribution in [3.05, 3.63) is 29.3 Å². The molecule has 1 aromatic carbocycles. The summed E-state index contributed by atoms with van der Waals surface area (Å²) < 4.78 is 27.4. The molecule has 0 bridgehead atoms. The molecule has 10 nitrogen and oxygen atoms in total. The second-order valence-electron chi connectivity index (χ2n) is 7.37. The molecule has 29 heavy (non-hydrogen) atoms. The Morgan fingerprint density at radius 3 is 2.59 bits per heavy atom. The predicted molar refractivity (Wildman–Crippen MR) is 97.0 cm³/mol. The minimum Gasteiger partial charge on any atom is -0.481 e. The fraction of sp³-hybridized carbons (Fsp3) is 0.444. The number of hydrogen-bond acceptors (Lipinski definition) is 6. The summed E-state index contributed by atoms with van der Waals surface area (Å²) >= 11 is 0. The number of aliphatic carboxylic acids is 1. The van der Waals surface area contributed by atoms with Crippen molar-refractivity contribution >= 4 is 33.7 Å². The molecule has 11 heteroatoms. The highest BCUT2D eigenvalue weighted by atomic mass is 32.2. The van der Waals surface area contributed by atoms with Gasteiger partial charge in [0.05, 0.1) is 10.8 Å². The highest BCUT2D eigenvalue weighted by molar-refractivity contribution is 7.89. The number of benzene rings is 1. The van der Waals surface area contributed by atoms with Gasteiger partial charge in [-0.25, -0.2) is 8.42 Å². The first-order valence-electron chi connectivity index (χ1n) is 9.19. The molecule has 0 radical (unpaired) electrons. The molecule has 2 saturated heterocycles. The average molecular weight is 421 g/mol. The number of carbonyl (C=O) groups is 4. The van der Waals surface area contributed by atoms with E-state index in [0.717, 1.165) is 4.31 Å². The third kappa shape index (κ3) is 3.19. The van der Waals surface area contributed by atoms with E-state index in [2.05, 4.69) is 5.32 Å². The summed E-state index contributed by atoms with van der Waals surface area (Å²) in [5.41, 5.74) is 0.491. The predicted octanol–water partition coefficient (Wildman–Crippen LogP) is -0.457. The number of sulfonamides is 1. The number of rotatable bonds is 4. The molecule has 3 amide bonds. The van der Waals surface area contributed by atoms with Crippen LogP contribution in [0.5, 0.6) is 0 Å². The van der Waals surface area contributed by atoms with Crippen molar-refractivity contribution in [2.24, 2.45) is 5.92 Å². The van der Waals surface area contributed by atoms with E-state index < -0.39 is 45.7 Å². The Hall–Kier alpha value is -2.79. The van der Waals surface area contributed by atoms with E-state index in [1.807, 2.05) is 0 Å². The van der Waals surface area contributed by atoms with E-state index in [-0.39, 0.29) is 49.4 Å². The molecular weight excluding hydrogens is 402 g/mol. The number of nitrogens with zero attached hydrogens (tertiary/aromatic N) is 2. The van der Waals surface area contributed by atoms with Crippen LogP contribution in [0.15, 0.2) is 23.1 Å². The smallest absolute Gasteiger partial charge is 0.307 e. The van der Waals surface area contributed by atoms with Crippen molar-refractivity contribution in [3.63, 3.8) is 0 Å². The summed E-state index contributed by atoms with van der Waals surface area (Å²) in [6.07, 6.45) is 0.510. The van der Waals surface area contributed by atoms with Crippen LogP contribution in [0.1, 0.15) is 35.2 Å². The number of fused-ring (bicyclic) bond motifs is 1. The Morgan fingerprint density at radius 2 is 1.93 bits per heavy atom. The van der Waals surface area contributed by atoms with Crippen LogP contribution in [-0.2, 0) is 31.0 Å². The van der Waals surface area contributed by atoms with Crippen LogP contribution < -0.4 is 5.32 Å². The average Bonchev–Trinajstić information content (AvgIpc) is 3.28. The Labute approximate surface area is 166 Å². The third-order valence-corrected chi connectivity index (χ3v) is 7.61. The van der Waals surface area contributed by atoms with E-state index in [9.17, 15) is 27.6 Å². The summed E-state index contributed by atoms with van der Waals surface area (Å²) in [5.74, 6) is -3.24. The van der Waals surface area contributed by atoms with Gasteiger partial charge >= 0.3 is 5.97 Å². The molecule has 3 aliphatic rings. The van der Waals surface area contributed by atoms with E-state index in [0.29, 0.717) is 5.56 Å². The molecule has 0 spiro atoms. The second-order valence-corrected chi connectivity index (χ2v) is 9.28. The van der Waals surface area contributed by atoms with Gasteiger partial charge in [-0.2, -0.15) is 4.31 Å². The molecule has 0 saturated carbocycles. The number of amides is 3. The van der Waals surface area contributed by atoms with Gasteiger partial charge in [-0.1, -0.05) is 6.07 Å². The third-order valence-electron chi connectivity index (χ3n) is 5.66. The first-order chi connectivity index (χ1) is 13.7. The first kappa shape index (κ1) is 19.5. The maximum Gasteiger partial charge on any atom is 0.307 e. The van der Waals surface area contributed by atoms with Crippen molar-refractivity contribution in [2.45, 2.75) is 36.7 Å². The van der Waals surface area contributed by atoms with Crippen molar-refractivity contribution in [3.8, 4) is 0 Å². The first-order valence-corrected chi connectivity index (χ1v) is 10.6. The Balaban J connectivity index is 1.64. The van der Waals surface area contributed by atoms with E-state index >= 15 is 0 Å². The maximum atomic E-state index is 13.1. The SMILES string of the molecule is O=C1CCC(N2Cc3c(cccc3S(=O)(=O)N3CCC(C(=O)O)C3)C2=O)C(=O)N1. The quantitative estimate of drug-likeness (QED) is 0.627. The van der Waals surface area contributed by atoms with Crippen molar-refractivity contribution in [1.82, 2.24) is 14.5 Å². The molecule has 0 aromatic heterocycles. The van der Waals surface area contributed by atoms with Gasteiger partial charge in [0.2, 0.25) is 21.8 Å². The standard InChI is InChI=1S/C18H19N3O7S/c22-15-5-4-13(16(23)19-15)21-9-12-11(17(21)24)2-1-3-14(12)29(27,28)20-7-6-10(8-20)18(25)26/h1-3,10,13H,4-9H2,(H,25,26)(H,19,22,23). The van der Waals surface area contributed by atoms with Gasteiger partial charge in [-0.15, -0.1) is 0 Å². The number of piperidine rings is 1. The van der Waals surface area contributed by atoms with Gasteiger partial charge in [-0.3, -0.25) is 24.5 Å². The Kier molecular flexibility index (Phi) is 4.66. The summed E-state index contributed by atoms with van der Waals surface area (Å²) in [6, 6.07) is 3.52. The lowest BCUT2D eigenvalue weighted by atomic mass is 10.0. The van der Waals surface area contributed by atoms with Gasteiger partial charge < -0.3 is 10.0 Å². The summed E-state index contributed by atoms with van der Waals surface area (Å²) in [5, 5.41) is 11.3. The lowest BCUT2D eigenvalue weighted by Crippen LogP contribution is -2.52. The molecular formula is C18H19N3O7S. The highest BCUT2D eigenvalue weighted by Gasteiger charge is 2.43. The van der Waals surface area contributed by atoms with Crippen LogP contribution in [0.2, 0.25) is 0 Å². The normalized spacial score (nSPS) is 25.2. The Morgan fingerprint density at radius 1 is 1.17 bits per heavy atom. The molecule has 3 heterocycles. The highest BCUT2D eigenvalue weighted by Crippen LogP contribution is 2.34. The van der Waals surface area contributed by atoms with Gasteiger partial charge in [-0.05, 0) is 25.0 Å². The maximum absolute atomic E-state index is 13.1. The van der Waals surface area contributed by atoms with Crippen LogP contribution in [0.25, 0.3) is 0 Å². The van der Waals surface area contributed by atoms with E-state index in [1.165, 1.54) is 23.1 Å². The molecule has 2 unspecified atom stereocenters. The molecule has 4 rings (SSSR count). The zero-order valence-corrected chi connectivity index (χ0v) is 16.1. The molecule has 2 fully saturated rings. The number of nitrogens with one attached hydrogen (secondary N) is 1. The lowest BCUT2D eigenvalue weighted by Gasteiger charge is -2.29. The van der Waals surface area contributed by atoms with E-state index in [4.69, 9.17) is 5.11 Å². The van der Waals surface area contributed by atoms with Crippen molar-refractivity contribution < 1.29 is 32.7 Å². The van der Waals surface area contributed by atoms with Gasteiger partial charge in [0, 0.05) is 37.2 Å². The topological polar surface area (TPSA) is 141 Å². The van der Waals surface area contributed by atoms with Crippen LogP contribution >= 0.6 is 0 Å². The van der Waals surface area contributed by atoms with Crippen LogP contribution in [-0.4, -0.2) is 65.6 Å². The minimum absolute atomic E-state index is 0.0517. The number of carbonyl (C=O) groups excluding carboxylic acids is 3. The fourth-order valence-corrected chi connectivity index (χ4v) is 5.82. The minimum atomic E-state index is -3.99. The summed E-state index contributed by atoms with van der Waals surface area (Å²) in [6.45, 7) is -0.0913. The zero-order chi connectivity index (χ0) is 20.9. The van der Waals surface area contributed by atoms with Gasteiger partial charge in [0.1, 0.15) is 6.04 Å². The van der Waals surface area contributed by atoms with E-state index in [1.54, 1.807) is 0 Å². The number of imide groups is 1. The van der Waals surface area contributed by atoms with Crippen LogP contribution in [0.3, 0.4) is 0 Å². The summed E-state index contributed by atoms with van der Waals surface area (Å²) in [4.78, 5) is 48.8. The van der Waals surface area contributed by atoms with Gasteiger partial charge in [0.25, 0.3) is 5.91 Å². The number of carboxylic acid groups (broad SMARTS) is 1. The zero-order valence-electron chi connectivity index (χ0n) is 15.3. The molecule has 3 aliphatic heterocycles. The largest absolute Gasteiger partial charge is 0.481 e. The summed E-state index contributed by atoms with van der Waals surface area (Å²) in [7, 11) is -3.99. The van der Waals surface area contributed by atoms with Crippen molar-refractivity contribution in [1.29, 1.82) is 0 Å². The van der Waals surface area contributed by atoms with Crippen LogP contribution in [0.4, 0.5) is 0 Å². The number of carboxylic acids is 1. The second kappa shape index (κ2) is 6.92. The molecule has 1 aromatic rings. The molecule has 0 aliphatic carbocycles. The van der Waals surface area contributed by atoms with Crippen molar-refractivity contribution in [2.75, 3.05) is 13.1 Å². The van der Waals surface area contributed by atoms with Gasteiger partial charge in [0.15, 0.2) is 0 Å². The molecule has 2 atom stereocenters. The lowest BCUT2D eigenvalue weighted by molar-refractivity contribution is -0.141. The molecule has 154 valence electrons.